The third kappa shape index (κ3) is 3.64. The topological polar surface area (TPSA) is 55.1 Å². The smallest absolute Gasteiger partial charge is 0.217 e. The molecule has 0 radical (unpaired) electrons. The van der Waals surface area contributed by atoms with E-state index >= 15 is 0 Å². The van der Waals surface area contributed by atoms with E-state index in [0.717, 1.165) is 5.56 Å². The summed E-state index contributed by atoms with van der Waals surface area (Å²) in [5.74, 6) is -0.0632. The van der Waals surface area contributed by atoms with Gasteiger partial charge in [0, 0.05) is 29.7 Å². The van der Waals surface area contributed by atoms with Crippen LogP contribution in [0.15, 0.2) is 24.3 Å². The van der Waals surface area contributed by atoms with E-state index in [-0.39, 0.29) is 5.91 Å². The predicted octanol–water partition coefficient (Wildman–Crippen LogP) is 2.07. The van der Waals surface area contributed by atoms with Gasteiger partial charge in [-0.25, -0.2) is 0 Å². The van der Waals surface area contributed by atoms with Gasteiger partial charge in [-0.05, 0) is 12.1 Å². The highest BCUT2D eigenvalue weighted by molar-refractivity contribution is 6.32. The predicted molar refractivity (Wildman–Crippen MR) is 63.6 cm³/mol. The molecule has 0 aliphatic rings. The standard InChI is InChI=1S/C11H13ClN2O/c1-8(15)14-7-3-4-9-10(12)5-2-6-11(9)13/h2-6H,7,13H2,1H3,(H,14,15). The molecule has 1 aromatic rings. The van der Waals surface area contributed by atoms with Crippen molar-refractivity contribution in [2.75, 3.05) is 12.3 Å². The lowest BCUT2D eigenvalue weighted by atomic mass is 10.1. The van der Waals surface area contributed by atoms with E-state index in [9.17, 15) is 4.79 Å². The third-order valence-corrected chi connectivity index (χ3v) is 2.17. The molecule has 1 rings (SSSR count). The van der Waals surface area contributed by atoms with E-state index in [4.69, 9.17) is 17.3 Å². The van der Waals surface area contributed by atoms with E-state index in [1.807, 2.05) is 0 Å². The van der Waals surface area contributed by atoms with Crippen LogP contribution >= 0.6 is 11.6 Å². The average Bonchev–Trinajstić information content (AvgIpc) is 2.15. The van der Waals surface area contributed by atoms with Crippen molar-refractivity contribution >= 4 is 29.3 Å². The zero-order chi connectivity index (χ0) is 11.3. The van der Waals surface area contributed by atoms with Gasteiger partial charge in [0.1, 0.15) is 0 Å². The summed E-state index contributed by atoms with van der Waals surface area (Å²) in [6, 6.07) is 5.35. The number of benzene rings is 1. The highest BCUT2D eigenvalue weighted by Gasteiger charge is 1.99. The molecule has 0 aliphatic heterocycles. The summed E-state index contributed by atoms with van der Waals surface area (Å²) < 4.78 is 0. The number of nitrogen functional groups attached to an aromatic ring is 1. The van der Waals surface area contributed by atoms with Crippen LogP contribution in [0.4, 0.5) is 5.69 Å². The van der Waals surface area contributed by atoms with Gasteiger partial charge < -0.3 is 11.1 Å². The van der Waals surface area contributed by atoms with Crippen molar-refractivity contribution in [1.82, 2.24) is 5.32 Å². The Morgan fingerprint density at radius 2 is 2.33 bits per heavy atom. The summed E-state index contributed by atoms with van der Waals surface area (Å²) in [6.45, 7) is 1.94. The third-order valence-electron chi connectivity index (χ3n) is 1.84. The summed E-state index contributed by atoms with van der Waals surface area (Å²) >= 11 is 5.95. The first-order valence-corrected chi connectivity index (χ1v) is 4.94. The van der Waals surface area contributed by atoms with Crippen molar-refractivity contribution in [2.24, 2.45) is 0 Å². The van der Waals surface area contributed by atoms with E-state index in [0.29, 0.717) is 17.3 Å². The minimum absolute atomic E-state index is 0.0632. The van der Waals surface area contributed by atoms with Gasteiger partial charge >= 0.3 is 0 Å². The molecule has 0 unspecified atom stereocenters. The molecular weight excluding hydrogens is 212 g/mol. The Balaban J connectivity index is 2.67. The Labute approximate surface area is 93.9 Å². The highest BCUT2D eigenvalue weighted by Crippen LogP contribution is 2.22. The van der Waals surface area contributed by atoms with Gasteiger partial charge in [0.05, 0.1) is 0 Å². The van der Waals surface area contributed by atoms with Gasteiger partial charge in [0.15, 0.2) is 0 Å². The molecule has 1 amide bonds. The molecule has 0 spiro atoms. The molecule has 0 fully saturated rings. The molecule has 0 aromatic heterocycles. The van der Waals surface area contributed by atoms with Crippen LogP contribution in [0.25, 0.3) is 6.08 Å². The number of nitrogens with two attached hydrogens (primary N) is 1. The molecule has 4 heteroatoms. The molecule has 0 heterocycles. The fourth-order valence-corrected chi connectivity index (χ4v) is 1.35. The van der Waals surface area contributed by atoms with Crippen LogP contribution in [0.5, 0.6) is 0 Å². The van der Waals surface area contributed by atoms with Gasteiger partial charge in [0.2, 0.25) is 5.91 Å². The summed E-state index contributed by atoms with van der Waals surface area (Å²) in [6.07, 6.45) is 3.60. The Morgan fingerprint density at radius 1 is 1.60 bits per heavy atom. The number of halogens is 1. The first kappa shape index (κ1) is 11.6. The monoisotopic (exact) mass is 224 g/mol. The maximum atomic E-state index is 10.6. The van der Waals surface area contributed by atoms with Crippen molar-refractivity contribution in [2.45, 2.75) is 6.92 Å². The van der Waals surface area contributed by atoms with Gasteiger partial charge in [0.25, 0.3) is 0 Å². The van der Waals surface area contributed by atoms with Gasteiger partial charge in [-0.2, -0.15) is 0 Å². The second kappa shape index (κ2) is 5.41. The van der Waals surface area contributed by atoms with Crippen molar-refractivity contribution in [1.29, 1.82) is 0 Å². The quantitative estimate of drug-likeness (QED) is 0.773. The first-order chi connectivity index (χ1) is 7.11. The SMILES string of the molecule is CC(=O)NCC=Cc1c(N)cccc1Cl. The lowest BCUT2D eigenvalue weighted by Gasteiger charge is -2.02. The second-order valence-corrected chi connectivity index (χ2v) is 3.49. The van der Waals surface area contributed by atoms with E-state index in [1.54, 1.807) is 30.4 Å². The molecule has 1 aromatic carbocycles. The van der Waals surface area contributed by atoms with Crippen molar-refractivity contribution in [3.05, 3.63) is 34.9 Å². The zero-order valence-electron chi connectivity index (χ0n) is 8.46. The molecule has 3 N–H and O–H groups in total. The normalized spacial score (nSPS) is 10.5. The molecule has 0 saturated heterocycles. The Kier molecular flexibility index (Phi) is 4.18. The summed E-state index contributed by atoms with van der Waals surface area (Å²) in [5, 5.41) is 3.25. The van der Waals surface area contributed by atoms with E-state index in [2.05, 4.69) is 5.32 Å². The van der Waals surface area contributed by atoms with Crippen molar-refractivity contribution in [3.8, 4) is 0 Å². The van der Waals surface area contributed by atoms with Crippen molar-refractivity contribution < 1.29 is 4.79 Å². The number of amides is 1. The number of nitrogens with one attached hydrogen (secondary N) is 1. The minimum atomic E-state index is -0.0632. The minimum Gasteiger partial charge on any atom is -0.398 e. The molecule has 0 atom stereocenters. The van der Waals surface area contributed by atoms with Crippen LogP contribution < -0.4 is 11.1 Å². The molecular formula is C11H13ClN2O. The molecule has 15 heavy (non-hydrogen) atoms. The number of rotatable bonds is 3. The van der Waals surface area contributed by atoms with Crippen LogP contribution in [-0.4, -0.2) is 12.5 Å². The maximum Gasteiger partial charge on any atom is 0.217 e. The first-order valence-electron chi connectivity index (χ1n) is 4.56. The second-order valence-electron chi connectivity index (χ2n) is 3.08. The van der Waals surface area contributed by atoms with Crippen LogP contribution in [-0.2, 0) is 4.79 Å². The Hall–Kier alpha value is -1.48. The van der Waals surface area contributed by atoms with E-state index in [1.165, 1.54) is 6.92 Å². The average molecular weight is 225 g/mol. The largest absolute Gasteiger partial charge is 0.398 e. The lowest BCUT2D eigenvalue weighted by molar-refractivity contribution is -0.118. The van der Waals surface area contributed by atoms with Crippen molar-refractivity contribution in [3.63, 3.8) is 0 Å². The van der Waals surface area contributed by atoms with Crippen LogP contribution in [0.2, 0.25) is 5.02 Å². The summed E-state index contributed by atoms with van der Waals surface area (Å²) in [4.78, 5) is 10.6. The number of hydrogen-bond donors (Lipinski definition) is 2. The lowest BCUT2D eigenvalue weighted by Crippen LogP contribution is -2.19. The van der Waals surface area contributed by atoms with Gasteiger partial charge in [-0.3, -0.25) is 4.79 Å². The number of carbonyl (C=O) groups excluding carboxylic acids is 1. The Bertz CT molecular complexity index is 368. The van der Waals surface area contributed by atoms with Gasteiger partial charge in [-0.1, -0.05) is 29.8 Å². The summed E-state index contributed by atoms with van der Waals surface area (Å²) in [7, 11) is 0. The maximum absolute atomic E-state index is 10.6. The molecule has 0 bridgehead atoms. The molecule has 3 nitrogen and oxygen atoms in total. The Morgan fingerprint density at radius 3 is 2.93 bits per heavy atom. The number of anilines is 1. The molecule has 0 aliphatic carbocycles. The van der Waals surface area contributed by atoms with Gasteiger partial charge in [-0.15, -0.1) is 0 Å². The molecule has 80 valence electrons. The number of hydrogen-bond acceptors (Lipinski definition) is 2. The van der Waals surface area contributed by atoms with Crippen LogP contribution in [0, 0.1) is 0 Å². The van der Waals surface area contributed by atoms with Crippen LogP contribution in [0.3, 0.4) is 0 Å². The number of carbonyl (C=O) groups is 1. The fourth-order valence-electron chi connectivity index (χ4n) is 1.11. The molecule has 0 saturated carbocycles. The highest BCUT2D eigenvalue weighted by atomic mass is 35.5. The zero-order valence-corrected chi connectivity index (χ0v) is 9.21. The van der Waals surface area contributed by atoms with Crippen LogP contribution in [0.1, 0.15) is 12.5 Å². The van der Waals surface area contributed by atoms with E-state index < -0.39 is 0 Å². The fraction of sp³-hybridized carbons (Fsp3) is 0.182. The summed E-state index contributed by atoms with van der Waals surface area (Å²) in [5.41, 5.74) is 7.15.